The molecular formula is C71H116O6. The van der Waals surface area contributed by atoms with E-state index in [0.717, 1.165) is 148 Å². The van der Waals surface area contributed by atoms with E-state index >= 15 is 0 Å². The molecule has 0 rings (SSSR count). The third-order valence-corrected chi connectivity index (χ3v) is 13.2. The van der Waals surface area contributed by atoms with E-state index in [1.54, 1.807) is 0 Å². The van der Waals surface area contributed by atoms with Gasteiger partial charge in [0, 0.05) is 19.3 Å². The van der Waals surface area contributed by atoms with Crippen LogP contribution >= 0.6 is 0 Å². The Balaban J connectivity index is 4.29. The molecule has 0 saturated heterocycles. The van der Waals surface area contributed by atoms with Crippen LogP contribution in [-0.2, 0) is 28.6 Å². The highest BCUT2D eigenvalue weighted by atomic mass is 16.6. The van der Waals surface area contributed by atoms with Gasteiger partial charge in [-0.05, 0) is 116 Å². The summed E-state index contributed by atoms with van der Waals surface area (Å²) in [5.74, 6) is -0.920. The molecule has 0 N–H and O–H groups in total. The predicted molar refractivity (Wildman–Crippen MR) is 334 cm³/mol. The van der Waals surface area contributed by atoms with Crippen LogP contribution in [-0.4, -0.2) is 37.2 Å². The highest BCUT2D eigenvalue weighted by molar-refractivity contribution is 5.71. The van der Waals surface area contributed by atoms with Crippen molar-refractivity contribution in [2.24, 2.45) is 0 Å². The Morgan fingerprint density at radius 3 is 0.792 bits per heavy atom. The maximum absolute atomic E-state index is 12.9. The quantitative estimate of drug-likeness (QED) is 0.0261. The van der Waals surface area contributed by atoms with Gasteiger partial charge in [0.2, 0.25) is 0 Å². The standard InChI is InChI=1S/C71H116O6/c1-4-7-10-13-16-19-22-24-26-28-29-30-31-32-33-34-35-36-37-38-39-40-41-43-44-46-49-52-55-58-61-64-70(73)76-67-68(66-75-69(72)63-60-57-54-51-48-21-18-15-12-9-6-3)77-71(74)65-62-59-56-53-50-47-45-42-27-25-23-20-17-14-11-8-5-2/h7-8,10-11,16-17,19-20,24-27,29-30,32-33,35-36,38-39,45,47,68H,4-6,9,12-15,18,21-23,28,31,34,37,40-44,46,48-67H2,1-3H3/b10-7-,11-8-,19-16-,20-17-,26-24-,27-25-,30-29-,33-32-,36-35-,39-38-,47-45-. The van der Waals surface area contributed by atoms with Crippen LogP contribution in [0.3, 0.4) is 0 Å². The first-order valence-corrected chi connectivity index (χ1v) is 31.7. The number of esters is 3. The summed E-state index contributed by atoms with van der Waals surface area (Å²) in [5.41, 5.74) is 0. The Bertz CT molecular complexity index is 1650. The van der Waals surface area contributed by atoms with Crippen LogP contribution in [0.4, 0.5) is 0 Å². The zero-order chi connectivity index (χ0) is 55.7. The molecule has 0 aromatic carbocycles. The summed E-state index contributed by atoms with van der Waals surface area (Å²) in [5, 5.41) is 0. The number of unbranched alkanes of at least 4 members (excludes halogenated alkanes) is 23. The van der Waals surface area contributed by atoms with Crippen LogP contribution in [0.5, 0.6) is 0 Å². The molecule has 0 spiro atoms. The van der Waals surface area contributed by atoms with E-state index in [1.807, 2.05) is 0 Å². The number of carbonyl (C=O) groups excluding carboxylic acids is 3. The van der Waals surface area contributed by atoms with Crippen molar-refractivity contribution in [1.29, 1.82) is 0 Å². The lowest BCUT2D eigenvalue weighted by molar-refractivity contribution is -0.167. The highest BCUT2D eigenvalue weighted by Gasteiger charge is 2.19. The molecule has 1 atom stereocenters. The van der Waals surface area contributed by atoms with E-state index in [-0.39, 0.29) is 31.1 Å². The van der Waals surface area contributed by atoms with Crippen LogP contribution in [0.1, 0.15) is 278 Å². The van der Waals surface area contributed by atoms with Crippen LogP contribution in [0.15, 0.2) is 134 Å². The Morgan fingerprint density at radius 2 is 0.506 bits per heavy atom. The molecule has 0 aromatic heterocycles. The molecule has 0 amide bonds. The smallest absolute Gasteiger partial charge is 0.306 e. The first-order valence-electron chi connectivity index (χ1n) is 31.7. The molecule has 0 bridgehead atoms. The first kappa shape index (κ1) is 72.5. The topological polar surface area (TPSA) is 78.9 Å². The summed E-state index contributed by atoms with van der Waals surface area (Å²) in [4.78, 5) is 38.2. The Morgan fingerprint density at radius 1 is 0.273 bits per heavy atom. The zero-order valence-corrected chi connectivity index (χ0v) is 49.9. The fourth-order valence-corrected chi connectivity index (χ4v) is 8.47. The minimum atomic E-state index is -0.796. The Labute approximate surface area is 475 Å². The molecule has 6 heteroatoms. The van der Waals surface area contributed by atoms with E-state index in [9.17, 15) is 14.4 Å². The molecule has 0 fully saturated rings. The van der Waals surface area contributed by atoms with Gasteiger partial charge in [0.05, 0.1) is 0 Å². The fraction of sp³-hybridized carbons (Fsp3) is 0.648. The van der Waals surface area contributed by atoms with E-state index in [0.29, 0.717) is 19.3 Å². The van der Waals surface area contributed by atoms with Gasteiger partial charge in [0.25, 0.3) is 0 Å². The molecule has 0 aromatic rings. The third kappa shape index (κ3) is 62.3. The number of carbonyl (C=O) groups is 3. The molecule has 0 heterocycles. The second kappa shape index (κ2) is 64.1. The van der Waals surface area contributed by atoms with Crippen molar-refractivity contribution in [3.63, 3.8) is 0 Å². The lowest BCUT2D eigenvalue weighted by Crippen LogP contribution is -2.30. The number of ether oxygens (including phenoxy) is 3. The first-order chi connectivity index (χ1) is 38.0. The summed E-state index contributed by atoms with van der Waals surface area (Å²) in [6.45, 7) is 6.38. The summed E-state index contributed by atoms with van der Waals surface area (Å²) in [6.07, 6.45) is 90.3. The van der Waals surface area contributed by atoms with E-state index in [1.165, 1.54) is 89.9 Å². The van der Waals surface area contributed by atoms with Gasteiger partial charge in [-0.3, -0.25) is 14.4 Å². The van der Waals surface area contributed by atoms with Crippen LogP contribution < -0.4 is 0 Å². The van der Waals surface area contributed by atoms with Gasteiger partial charge in [0.1, 0.15) is 13.2 Å². The van der Waals surface area contributed by atoms with Gasteiger partial charge in [0.15, 0.2) is 6.10 Å². The average molecular weight is 1070 g/mol. The monoisotopic (exact) mass is 1060 g/mol. The minimum Gasteiger partial charge on any atom is -0.462 e. The van der Waals surface area contributed by atoms with Crippen molar-refractivity contribution in [3.05, 3.63) is 134 Å². The van der Waals surface area contributed by atoms with Crippen molar-refractivity contribution in [1.82, 2.24) is 0 Å². The summed E-state index contributed by atoms with van der Waals surface area (Å²) in [7, 11) is 0. The second-order valence-electron chi connectivity index (χ2n) is 20.6. The maximum Gasteiger partial charge on any atom is 0.306 e. The van der Waals surface area contributed by atoms with E-state index in [4.69, 9.17) is 14.2 Å². The van der Waals surface area contributed by atoms with Crippen LogP contribution in [0.2, 0.25) is 0 Å². The summed E-state index contributed by atoms with van der Waals surface area (Å²) >= 11 is 0. The van der Waals surface area contributed by atoms with Gasteiger partial charge in [-0.15, -0.1) is 0 Å². The Kier molecular flexibility index (Phi) is 60.4. The largest absolute Gasteiger partial charge is 0.462 e. The van der Waals surface area contributed by atoms with Crippen molar-refractivity contribution < 1.29 is 28.6 Å². The average Bonchev–Trinajstić information content (AvgIpc) is 3.43. The van der Waals surface area contributed by atoms with Crippen molar-refractivity contribution in [3.8, 4) is 0 Å². The zero-order valence-electron chi connectivity index (χ0n) is 49.9. The van der Waals surface area contributed by atoms with Crippen LogP contribution in [0.25, 0.3) is 0 Å². The molecular weight excluding hydrogens is 949 g/mol. The van der Waals surface area contributed by atoms with Gasteiger partial charge < -0.3 is 14.2 Å². The normalized spacial score (nSPS) is 13.0. The van der Waals surface area contributed by atoms with Crippen molar-refractivity contribution >= 4 is 17.9 Å². The molecule has 6 nitrogen and oxygen atoms in total. The van der Waals surface area contributed by atoms with Gasteiger partial charge in [-0.25, -0.2) is 0 Å². The minimum absolute atomic E-state index is 0.0908. The van der Waals surface area contributed by atoms with Crippen LogP contribution in [0, 0.1) is 0 Å². The number of rotatable bonds is 56. The van der Waals surface area contributed by atoms with Gasteiger partial charge >= 0.3 is 17.9 Å². The highest BCUT2D eigenvalue weighted by Crippen LogP contribution is 2.15. The Hall–Kier alpha value is -4.45. The molecule has 436 valence electrons. The van der Waals surface area contributed by atoms with E-state index in [2.05, 4.69) is 154 Å². The lowest BCUT2D eigenvalue weighted by Gasteiger charge is -2.18. The maximum atomic E-state index is 12.9. The SMILES string of the molecule is CC/C=C\C/C=C\C/C=C\C/C=C\C/C=C\C/C=C\C/C=C\CCCCCCCCCCCC(=O)OCC(COC(=O)CCCCCCCCCCCCC)OC(=O)CCCCCC/C=C\C/C=C\C/C=C\C/C=C\CC. The molecule has 0 aliphatic heterocycles. The van der Waals surface area contributed by atoms with Crippen molar-refractivity contribution in [2.75, 3.05) is 13.2 Å². The molecule has 0 radical (unpaired) electrons. The molecule has 1 unspecified atom stereocenters. The third-order valence-electron chi connectivity index (χ3n) is 13.2. The predicted octanol–water partition coefficient (Wildman–Crippen LogP) is 21.8. The summed E-state index contributed by atoms with van der Waals surface area (Å²) < 4.78 is 16.9. The number of hydrogen-bond donors (Lipinski definition) is 0. The van der Waals surface area contributed by atoms with E-state index < -0.39 is 6.10 Å². The number of hydrogen-bond acceptors (Lipinski definition) is 6. The molecule has 0 aliphatic rings. The van der Waals surface area contributed by atoms with Gasteiger partial charge in [-0.2, -0.15) is 0 Å². The molecule has 77 heavy (non-hydrogen) atoms. The molecule has 0 aliphatic carbocycles. The second-order valence-corrected chi connectivity index (χ2v) is 20.6. The van der Waals surface area contributed by atoms with Crippen molar-refractivity contribution in [2.45, 2.75) is 284 Å². The van der Waals surface area contributed by atoms with Gasteiger partial charge in [-0.1, -0.05) is 276 Å². The molecule has 0 saturated carbocycles. The lowest BCUT2D eigenvalue weighted by atomic mass is 10.1. The fourth-order valence-electron chi connectivity index (χ4n) is 8.47. The summed E-state index contributed by atoms with van der Waals surface area (Å²) in [6, 6.07) is 0. The number of allylic oxidation sites excluding steroid dienone is 22.